The van der Waals surface area contributed by atoms with Crippen molar-refractivity contribution in [3.05, 3.63) is 42.0 Å². The largest absolute Gasteiger partial charge is 0.548 e. The Morgan fingerprint density at radius 2 is 1.71 bits per heavy atom. The zero-order chi connectivity index (χ0) is 12.9. The minimum absolute atomic E-state index is 0.259. The van der Waals surface area contributed by atoms with Crippen LogP contribution in [-0.2, 0) is 4.43 Å². The summed E-state index contributed by atoms with van der Waals surface area (Å²) in [6.45, 7) is 11.3. The second-order valence-corrected chi connectivity index (χ2v) is 11.3. The molecule has 94 valence electrons. The maximum atomic E-state index is 5.95. The molecule has 1 rings (SSSR count). The molecule has 1 aromatic rings. The molecule has 0 aliphatic heterocycles. The van der Waals surface area contributed by atoms with E-state index in [-0.39, 0.29) is 5.04 Å². The van der Waals surface area contributed by atoms with Crippen molar-refractivity contribution in [2.75, 3.05) is 0 Å². The summed E-state index contributed by atoms with van der Waals surface area (Å²) in [6, 6.07) is 10.3. The molecule has 0 bridgehead atoms. The van der Waals surface area contributed by atoms with E-state index in [1.165, 1.54) is 4.90 Å². The lowest BCUT2D eigenvalue weighted by molar-refractivity contribution is 0.431. The first-order chi connectivity index (χ1) is 7.83. The third-order valence-corrected chi connectivity index (χ3v) is 8.30. The first-order valence-electron chi connectivity index (χ1n) is 5.87. The molecule has 0 saturated carbocycles. The van der Waals surface area contributed by atoms with Crippen molar-refractivity contribution in [1.82, 2.24) is 0 Å². The Morgan fingerprint density at radius 1 is 1.12 bits per heavy atom. The summed E-state index contributed by atoms with van der Waals surface area (Å²) >= 11 is 1.69. The Bertz CT molecular complexity index is 366. The van der Waals surface area contributed by atoms with Crippen molar-refractivity contribution in [2.45, 2.75) is 43.8 Å². The first kappa shape index (κ1) is 14.4. The minimum atomic E-state index is -1.64. The summed E-state index contributed by atoms with van der Waals surface area (Å²) in [5.41, 5.74) is 0. The molecule has 3 heteroatoms. The third kappa shape index (κ3) is 4.60. The minimum Gasteiger partial charge on any atom is -0.548 e. The van der Waals surface area contributed by atoms with Gasteiger partial charge in [-0.1, -0.05) is 50.7 Å². The molecule has 0 fully saturated rings. The van der Waals surface area contributed by atoms with Gasteiger partial charge in [0.1, 0.15) is 0 Å². The number of benzene rings is 1. The smallest absolute Gasteiger partial charge is 0.249 e. The zero-order valence-electron chi connectivity index (χ0n) is 11.4. The lowest BCUT2D eigenvalue weighted by Gasteiger charge is -2.34. The van der Waals surface area contributed by atoms with Gasteiger partial charge in [-0.15, -0.1) is 0 Å². The van der Waals surface area contributed by atoms with E-state index in [0.29, 0.717) is 0 Å². The highest BCUT2D eigenvalue weighted by Gasteiger charge is 2.37. The van der Waals surface area contributed by atoms with Gasteiger partial charge < -0.3 is 4.43 Å². The van der Waals surface area contributed by atoms with Crippen molar-refractivity contribution in [1.29, 1.82) is 0 Å². The molecule has 0 aliphatic carbocycles. The van der Waals surface area contributed by atoms with Gasteiger partial charge >= 0.3 is 0 Å². The van der Waals surface area contributed by atoms with Crippen LogP contribution in [0.25, 0.3) is 0 Å². The molecular weight excluding hydrogens is 244 g/mol. The van der Waals surface area contributed by atoms with Gasteiger partial charge in [0.25, 0.3) is 0 Å². The second kappa shape index (κ2) is 5.78. The second-order valence-electron chi connectivity index (χ2n) is 5.58. The Balaban J connectivity index is 2.47. The Labute approximate surface area is 110 Å². The molecule has 0 aromatic heterocycles. The van der Waals surface area contributed by atoms with E-state index in [0.717, 1.165) is 0 Å². The molecule has 1 aromatic carbocycles. The molecule has 0 spiro atoms. The zero-order valence-corrected chi connectivity index (χ0v) is 13.2. The van der Waals surface area contributed by atoms with Gasteiger partial charge in [-0.3, -0.25) is 0 Å². The lowest BCUT2D eigenvalue weighted by Crippen LogP contribution is -2.39. The average molecular weight is 266 g/mol. The molecule has 17 heavy (non-hydrogen) atoms. The van der Waals surface area contributed by atoms with Crippen LogP contribution in [0.4, 0.5) is 0 Å². The Morgan fingerprint density at radius 3 is 2.24 bits per heavy atom. The summed E-state index contributed by atoms with van der Waals surface area (Å²) in [6.07, 6.45) is 1.86. The maximum absolute atomic E-state index is 5.95. The summed E-state index contributed by atoms with van der Waals surface area (Å²) in [5.74, 6) is 0. The van der Waals surface area contributed by atoms with Gasteiger partial charge in [0, 0.05) is 10.3 Å². The molecule has 0 atom stereocenters. The van der Waals surface area contributed by atoms with Gasteiger partial charge in [0.05, 0.1) is 6.26 Å². The van der Waals surface area contributed by atoms with Crippen LogP contribution in [0.1, 0.15) is 20.8 Å². The van der Waals surface area contributed by atoms with Crippen molar-refractivity contribution in [2.24, 2.45) is 0 Å². The van der Waals surface area contributed by atoms with Gasteiger partial charge in [-0.05, 0) is 30.3 Å². The van der Waals surface area contributed by atoms with E-state index in [9.17, 15) is 0 Å². The molecule has 0 heterocycles. The Kier molecular flexibility index (Phi) is 4.89. The monoisotopic (exact) mass is 266 g/mol. The molecule has 0 radical (unpaired) electrons. The molecule has 0 amide bonds. The average Bonchev–Trinajstić information content (AvgIpc) is 2.24. The first-order valence-corrected chi connectivity index (χ1v) is 9.66. The van der Waals surface area contributed by atoms with Gasteiger partial charge in [-0.25, -0.2) is 0 Å². The highest BCUT2D eigenvalue weighted by atomic mass is 32.2. The van der Waals surface area contributed by atoms with Crippen LogP contribution >= 0.6 is 11.8 Å². The summed E-state index contributed by atoms with van der Waals surface area (Å²) in [4.78, 5) is 1.24. The lowest BCUT2D eigenvalue weighted by atomic mass is 10.2. The topological polar surface area (TPSA) is 9.23 Å². The van der Waals surface area contributed by atoms with Crippen LogP contribution in [0.3, 0.4) is 0 Å². The molecule has 1 nitrogen and oxygen atoms in total. The molecular formula is C14H22OSSi. The van der Waals surface area contributed by atoms with Crippen molar-refractivity contribution in [3.63, 3.8) is 0 Å². The highest BCUT2D eigenvalue weighted by molar-refractivity contribution is 8.02. The predicted molar refractivity (Wildman–Crippen MR) is 79.7 cm³/mol. The van der Waals surface area contributed by atoms with Crippen LogP contribution in [0.2, 0.25) is 18.1 Å². The number of hydrogen-bond donors (Lipinski definition) is 0. The van der Waals surface area contributed by atoms with E-state index in [1.54, 1.807) is 11.8 Å². The molecule has 0 unspecified atom stereocenters. The summed E-state index contributed by atoms with van der Waals surface area (Å²) in [5, 5.41) is 2.28. The van der Waals surface area contributed by atoms with E-state index in [2.05, 4.69) is 46.0 Å². The van der Waals surface area contributed by atoms with Gasteiger partial charge in [-0.2, -0.15) is 0 Å². The third-order valence-electron chi connectivity index (χ3n) is 3.17. The fraction of sp³-hybridized carbons (Fsp3) is 0.429. The van der Waals surface area contributed by atoms with Crippen molar-refractivity contribution >= 4 is 20.1 Å². The van der Waals surface area contributed by atoms with Crippen LogP contribution in [0.15, 0.2) is 46.9 Å². The predicted octanol–water partition coefficient (Wildman–Crippen LogP) is 5.27. The number of thioether (sulfide) groups is 1. The Hall–Kier alpha value is -0.673. The summed E-state index contributed by atoms with van der Waals surface area (Å²) < 4.78 is 5.95. The molecule has 0 aliphatic rings. The highest BCUT2D eigenvalue weighted by Crippen LogP contribution is 2.36. The molecule has 0 saturated heterocycles. The SMILES string of the molecule is CC(C)(C)[Si](C)(C)OC=CSc1ccccc1. The van der Waals surface area contributed by atoms with Crippen LogP contribution in [-0.4, -0.2) is 8.32 Å². The fourth-order valence-electron chi connectivity index (χ4n) is 0.980. The number of rotatable bonds is 4. The molecule has 0 N–H and O–H groups in total. The van der Waals surface area contributed by atoms with E-state index in [4.69, 9.17) is 4.43 Å². The van der Waals surface area contributed by atoms with Crippen LogP contribution < -0.4 is 0 Å². The van der Waals surface area contributed by atoms with E-state index in [1.807, 2.05) is 29.9 Å². The summed E-state index contributed by atoms with van der Waals surface area (Å²) in [7, 11) is -1.64. The van der Waals surface area contributed by atoms with Crippen molar-refractivity contribution in [3.8, 4) is 0 Å². The van der Waals surface area contributed by atoms with Crippen LogP contribution in [0, 0.1) is 0 Å². The fourth-order valence-corrected chi connectivity index (χ4v) is 2.42. The number of hydrogen-bond acceptors (Lipinski definition) is 2. The standard InChI is InChI=1S/C14H22OSSi/c1-14(2,3)17(4,5)15-11-12-16-13-9-7-6-8-10-13/h6-12H,1-5H3. The van der Waals surface area contributed by atoms with E-state index < -0.39 is 8.32 Å². The van der Waals surface area contributed by atoms with Crippen molar-refractivity contribution < 1.29 is 4.43 Å². The quantitative estimate of drug-likeness (QED) is 0.417. The normalized spacial score (nSPS) is 13.0. The maximum Gasteiger partial charge on any atom is 0.249 e. The van der Waals surface area contributed by atoms with Gasteiger partial charge in [0.15, 0.2) is 0 Å². The van der Waals surface area contributed by atoms with Crippen LogP contribution in [0.5, 0.6) is 0 Å². The van der Waals surface area contributed by atoms with Gasteiger partial charge in [0.2, 0.25) is 8.32 Å². The van der Waals surface area contributed by atoms with E-state index >= 15 is 0 Å².